The molecule has 1 heterocycles. The highest BCUT2D eigenvalue weighted by molar-refractivity contribution is 14.0. The zero-order valence-corrected chi connectivity index (χ0v) is 20.8. The average molecular weight is 560 g/mol. The summed E-state index contributed by atoms with van der Waals surface area (Å²) in [6.45, 7) is 6.32. The molecule has 0 bridgehead atoms. The number of hydrogen-bond donors (Lipinski definition) is 2. The van der Waals surface area contributed by atoms with Crippen LogP contribution in [0, 0.1) is 11.6 Å². The summed E-state index contributed by atoms with van der Waals surface area (Å²) < 4.78 is 38.2. The van der Waals surface area contributed by atoms with Gasteiger partial charge in [0.25, 0.3) is 0 Å². The minimum absolute atomic E-state index is 0. The van der Waals surface area contributed by atoms with Crippen LogP contribution < -0.4 is 15.4 Å². The summed E-state index contributed by atoms with van der Waals surface area (Å²) in [4.78, 5) is 6.82. The largest absolute Gasteiger partial charge is 0.497 e. The van der Waals surface area contributed by atoms with E-state index in [-0.39, 0.29) is 42.1 Å². The number of guanidine groups is 1. The Morgan fingerprint density at radius 3 is 2.50 bits per heavy atom. The van der Waals surface area contributed by atoms with Crippen LogP contribution in [0.3, 0.4) is 0 Å². The molecular weight excluding hydrogens is 529 g/mol. The lowest BCUT2D eigenvalue weighted by atomic mass is 10.0. The molecule has 3 rings (SSSR count). The summed E-state index contributed by atoms with van der Waals surface area (Å²) in [5.41, 5.74) is 1.37. The lowest BCUT2D eigenvalue weighted by Crippen LogP contribution is -2.46. The highest BCUT2D eigenvalue weighted by atomic mass is 127. The lowest BCUT2D eigenvalue weighted by molar-refractivity contribution is 0.0170. The Hall–Kier alpha value is -1.98. The second kappa shape index (κ2) is 13.5. The number of halogens is 3. The predicted octanol–water partition coefficient (Wildman–Crippen LogP) is 3.72. The molecule has 32 heavy (non-hydrogen) atoms. The number of nitrogens with one attached hydrogen (secondary N) is 2. The van der Waals surface area contributed by atoms with E-state index in [4.69, 9.17) is 9.47 Å². The molecule has 1 fully saturated rings. The van der Waals surface area contributed by atoms with Crippen molar-refractivity contribution in [1.82, 2.24) is 15.5 Å². The van der Waals surface area contributed by atoms with E-state index < -0.39 is 11.6 Å². The Bertz CT molecular complexity index is 862. The van der Waals surface area contributed by atoms with Gasteiger partial charge in [-0.3, -0.25) is 4.90 Å². The van der Waals surface area contributed by atoms with Crippen LogP contribution in [-0.2, 0) is 11.3 Å². The SMILES string of the molecule is CCNC(=NCc1cc(F)ccc1F)NCC(c1ccc(OC)cc1)N1CCOCC1.I. The molecule has 1 aliphatic heterocycles. The molecule has 1 unspecified atom stereocenters. The summed E-state index contributed by atoms with van der Waals surface area (Å²) in [6, 6.07) is 11.5. The van der Waals surface area contributed by atoms with Gasteiger partial charge < -0.3 is 20.1 Å². The quantitative estimate of drug-likeness (QED) is 0.293. The monoisotopic (exact) mass is 560 g/mol. The van der Waals surface area contributed by atoms with Crippen LogP contribution in [0.2, 0.25) is 0 Å². The third-order valence-electron chi connectivity index (χ3n) is 5.21. The van der Waals surface area contributed by atoms with Gasteiger partial charge in [-0.1, -0.05) is 12.1 Å². The van der Waals surface area contributed by atoms with Crippen LogP contribution in [0.5, 0.6) is 5.75 Å². The summed E-state index contributed by atoms with van der Waals surface area (Å²) in [6.07, 6.45) is 0. The minimum atomic E-state index is -0.476. The van der Waals surface area contributed by atoms with E-state index in [1.165, 1.54) is 6.07 Å². The molecule has 0 aliphatic carbocycles. The van der Waals surface area contributed by atoms with Gasteiger partial charge in [0.15, 0.2) is 5.96 Å². The van der Waals surface area contributed by atoms with E-state index in [0.717, 1.165) is 36.5 Å². The Labute approximate surface area is 205 Å². The Kier molecular flexibility index (Phi) is 11.1. The fourth-order valence-electron chi connectivity index (χ4n) is 3.54. The van der Waals surface area contributed by atoms with E-state index in [2.05, 4.69) is 32.7 Å². The second-order valence-electron chi connectivity index (χ2n) is 7.25. The van der Waals surface area contributed by atoms with Crippen LogP contribution >= 0.6 is 24.0 Å². The summed E-state index contributed by atoms with van der Waals surface area (Å²) in [7, 11) is 1.65. The molecule has 0 radical (unpaired) electrons. The molecule has 6 nitrogen and oxygen atoms in total. The standard InChI is InChI=1S/C23H30F2N4O2.HI/c1-3-26-23(27-15-18-14-19(24)6-9-21(18)25)28-16-22(29-10-12-31-13-11-29)17-4-7-20(30-2)8-5-17;/h4-9,14,22H,3,10-13,15-16H2,1-2H3,(H2,26,27,28);1H. The highest BCUT2D eigenvalue weighted by Gasteiger charge is 2.23. The summed E-state index contributed by atoms with van der Waals surface area (Å²) in [5.74, 6) is 0.421. The van der Waals surface area contributed by atoms with Gasteiger partial charge in [-0.15, -0.1) is 24.0 Å². The van der Waals surface area contributed by atoms with E-state index in [0.29, 0.717) is 32.3 Å². The number of methoxy groups -OCH3 is 1. The van der Waals surface area contributed by atoms with E-state index in [9.17, 15) is 8.78 Å². The third-order valence-corrected chi connectivity index (χ3v) is 5.21. The molecular formula is C23H31F2IN4O2. The number of aliphatic imine (C=N–C) groups is 1. The van der Waals surface area contributed by atoms with Gasteiger partial charge in [-0.25, -0.2) is 13.8 Å². The van der Waals surface area contributed by atoms with Crippen molar-refractivity contribution in [2.45, 2.75) is 19.5 Å². The fourth-order valence-corrected chi connectivity index (χ4v) is 3.54. The molecule has 0 saturated carbocycles. The predicted molar refractivity (Wildman–Crippen MR) is 133 cm³/mol. The Morgan fingerprint density at radius 1 is 1.12 bits per heavy atom. The number of hydrogen-bond acceptors (Lipinski definition) is 4. The second-order valence-corrected chi connectivity index (χ2v) is 7.25. The number of morpholine rings is 1. The summed E-state index contributed by atoms with van der Waals surface area (Å²) in [5, 5.41) is 6.53. The van der Waals surface area contributed by atoms with Crippen LogP contribution in [0.15, 0.2) is 47.5 Å². The van der Waals surface area contributed by atoms with Crippen molar-refractivity contribution in [3.63, 3.8) is 0 Å². The fraction of sp³-hybridized carbons (Fsp3) is 0.435. The first-order valence-corrected chi connectivity index (χ1v) is 10.5. The molecule has 2 N–H and O–H groups in total. The third kappa shape index (κ3) is 7.56. The maximum atomic E-state index is 13.9. The van der Waals surface area contributed by atoms with E-state index >= 15 is 0 Å². The molecule has 2 aromatic rings. The first kappa shape index (κ1) is 26.3. The van der Waals surface area contributed by atoms with E-state index in [1.807, 2.05) is 19.1 Å². The molecule has 9 heteroatoms. The number of ether oxygens (including phenoxy) is 2. The van der Waals surface area contributed by atoms with Crippen LogP contribution in [0.25, 0.3) is 0 Å². The molecule has 1 atom stereocenters. The van der Waals surface area contributed by atoms with Crippen molar-refractivity contribution in [1.29, 1.82) is 0 Å². The highest BCUT2D eigenvalue weighted by Crippen LogP contribution is 2.23. The molecule has 1 saturated heterocycles. The molecule has 1 aliphatic rings. The van der Waals surface area contributed by atoms with Crippen LogP contribution in [-0.4, -0.2) is 57.4 Å². The lowest BCUT2D eigenvalue weighted by Gasteiger charge is -2.35. The van der Waals surface area contributed by atoms with Crippen molar-refractivity contribution in [3.8, 4) is 5.75 Å². The van der Waals surface area contributed by atoms with Gasteiger partial charge in [0, 0.05) is 31.7 Å². The van der Waals surface area contributed by atoms with Crippen LogP contribution in [0.4, 0.5) is 8.78 Å². The normalized spacial score (nSPS) is 15.6. The first-order chi connectivity index (χ1) is 15.1. The maximum Gasteiger partial charge on any atom is 0.191 e. The van der Waals surface area contributed by atoms with Crippen LogP contribution in [0.1, 0.15) is 24.1 Å². The molecule has 0 amide bonds. The maximum absolute atomic E-state index is 13.9. The smallest absolute Gasteiger partial charge is 0.191 e. The van der Waals surface area contributed by atoms with Crippen molar-refractivity contribution >= 4 is 29.9 Å². The Morgan fingerprint density at radius 2 is 1.84 bits per heavy atom. The minimum Gasteiger partial charge on any atom is -0.497 e. The molecule has 176 valence electrons. The van der Waals surface area contributed by atoms with Gasteiger partial charge in [0.1, 0.15) is 17.4 Å². The van der Waals surface area contributed by atoms with Gasteiger partial charge in [-0.2, -0.15) is 0 Å². The Balaban J connectivity index is 0.00000363. The van der Waals surface area contributed by atoms with Gasteiger partial charge >= 0.3 is 0 Å². The van der Waals surface area contributed by atoms with Crippen molar-refractivity contribution < 1.29 is 18.3 Å². The molecule has 2 aromatic carbocycles. The topological polar surface area (TPSA) is 58.1 Å². The van der Waals surface area contributed by atoms with Gasteiger partial charge in [0.2, 0.25) is 0 Å². The van der Waals surface area contributed by atoms with E-state index in [1.54, 1.807) is 7.11 Å². The molecule has 0 aromatic heterocycles. The zero-order valence-electron chi connectivity index (χ0n) is 18.4. The number of benzene rings is 2. The summed E-state index contributed by atoms with van der Waals surface area (Å²) >= 11 is 0. The van der Waals surface area contributed by atoms with Crippen molar-refractivity contribution in [3.05, 3.63) is 65.2 Å². The van der Waals surface area contributed by atoms with Gasteiger partial charge in [0.05, 0.1) is 32.9 Å². The zero-order chi connectivity index (χ0) is 22.1. The van der Waals surface area contributed by atoms with Crippen molar-refractivity contribution in [2.75, 3.05) is 46.5 Å². The van der Waals surface area contributed by atoms with Crippen molar-refractivity contribution in [2.24, 2.45) is 4.99 Å². The number of nitrogens with zero attached hydrogens (tertiary/aromatic N) is 2. The molecule has 0 spiro atoms. The average Bonchev–Trinajstić information content (AvgIpc) is 2.80. The van der Waals surface area contributed by atoms with Gasteiger partial charge in [-0.05, 0) is 42.8 Å². The number of rotatable bonds is 8. The first-order valence-electron chi connectivity index (χ1n) is 10.5.